The second-order valence-electron chi connectivity index (χ2n) is 9.17. The van der Waals surface area contributed by atoms with Crippen molar-refractivity contribution in [3.05, 3.63) is 47.3 Å². The highest BCUT2D eigenvalue weighted by molar-refractivity contribution is 5.76. The molecule has 0 fully saturated rings. The van der Waals surface area contributed by atoms with E-state index in [0.717, 1.165) is 18.8 Å². The minimum absolute atomic E-state index is 0.0523. The van der Waals surface area contributed by atoms with Crippen LogP contribution in [0.1, 0.15) is 43.5 Å². The molecule has 8 heteroatoms. The van der Waals surface area contributed by atoms with E-state index in [9.17, 15) is 9.90 Å². The number of carbonyl (C=O) groups excluding carboxylic acids is 1. The average Bonchev–Trinajstić information content (AvgIpc) is 3.21. The van der Waals surface area contributed by atoms with Gasteiger partial charge in [-0.05, 0) is 32.9 Å². The summed E-state index contributed by atoms with van der Waals surface area (Å²) in [6.45, 7) is 9.17. The number of ether oxygens (including phenoxy) is 1. The molecule has 1 N–H and O–H groups in total. The molecule has 0 aliphatic carbocycles. The molecule has 32 heavy (non-hydrogen) atoms. The van der Waals surface area contributed by atoms with Crippen LogP contribution in [0.2, 0.25) is 0 Å². The van der Waals surface area contributed by atoms with Crippen LogP contribution in [0.4, 0.5) is 0 Å². The van der Waals surface area contributed by atoms with Gasteiger partial charge in [0.2, 0.25) is 5.91 Å². The van der Waals surface area contributed by atoms with E-state index in [1.54, 1.807) is 4.68 Å². The number of fused-ring (bicyclic) bond motifs is 2. The van der Waals surface area contributed by atoms with Crippen LogP contribution in [0.15, 0.2) is 30.5 Å². The molecule has 2 bridgehead atoms. The smallest absolute Gasteiger partial charge is 0.222 e. The van der Waals surface area contributed by atoms with E-state index < -0.39 is 0 Å². The van der Waals surface area contributed by atoms with Crippen LogP contribution in [0, 0.1) is 12.8 Å². The van der Waals surface area contributed by atoms with Crippen LogP contribution in [0.25, 0.3) is 0 Å². The Morgan fingerprint density at radius 2 is 2.19 bits per heavy atom. The number of aliphatic hydroxyl groups excluding tert-OH is 1. The van der Waals surface area contributed by atoms with Gasteiger partial charge in [0.25, 0.3) is 0 Å². The molecule has 1 aromatic heterocycles. The van der Waals surface area contributed by atoms with Gasteiger partial charge in [-0.2, -0.15) is 0 Å². The molecule has 1 amide bonds. The number of hydrogen-bond acceptors (Lipinski definition) is 6. The average molecular weight is 444 g/mol. The number of hydrogen-bond donors (Lipinski definition) is 1. The minimum atomic E-state index is -0.224. The van der Waals surface area contributed by atoms with Crippen molar-refractivity contribution < 1.29 is 14.6 Å². The van der Waals surface area contributed by atoms with Crippen LogP contribution >= 0.6 is 0 Å². The second-order valence-corrected chi connectivity index (χ2v) is 9.17. The van der Waals surface area contributed by atoms with E-state index >= 15 is 0 Å². The summed E-state index contributed by atoms with van der Waals surface area (Å²) in [6.07, 6.45) is 2.91. The summed E-state index contributed by atoms with van der Waals surface area (Å²) in [5.74, 6) is 0.147. The molecule has 3 rings (SSSR count). The Morgan fingerprint density at radius 1 is 1.38 bits per heavy atom. The minimum Gasteiger partial charge on any atom is -0.394 e. The Bertz CT molecular complexity index is 871. The van der Waals surface area contributed by atoms with Gasteiger partial charge >= 0.3 is 0 Å². The fourth-order valence-electron chi connectivity index (χ4n) is 4.19. The monoisotopic (exact) mass is 443 g/mol. The zero-order valence-corrected chi connectivity index (χ0v) is 19.8. The number of likely N-dealkylation sites (N-methyl/N-ethyl adjacent to an activating group) is 1. The molecule has 0 spiro atoms. The molecule has 1 aromatic carbocycles. The second kappa shape index (κ2) is 11.5. The van der Waals surface area contributed by atoms with Gasteiger partial charge in [-0.3, -0.25) is 14.4 Å². The van der Waals surface area contributed by atoms with Crippen molar-refractivity contribution in [1.82, 2.24) is 24.8 Å². The number of amides is 1. The third-order valence-electron chi connectivity index (χ3n) is 6.07. The molecule has 3 atom stereocenters. The van der Waals surface area contributed by atoms with E-state index in [1.807, 2.05) is 18.0 Å². The fraction of sp³-hybridized carbons (Fsp3) is 0.625. The number of aromatic nitrogens is 3. The lowest BCUT2D eigenvalue weighted by Crippen LogP contribution is -2.47. The standard InChI is InChI=1S/C24H37N5O3/c1-18-7-5-8-21(11-18)13-27(4)15-23-19(2)12-29(20(3)16-30)24(31)9-6-10-28-14-22(17-32-23)25-26-28/h5,7-8,11,14,19-20,23,30H,6,9-10,12-13,15-17H2,1-4H3/t19-,20-,23+/m1/s1. The summed E-state index contributed by atoms with van der Waals surface area (Å²) in [7, 11) is 2.09. The van der Waals surface area contributed by atoms with Gasteiger partial charge in [-0.1, -0.05) is 42.0 Å². The Morgan fingerprint density at radius 3 is 2.94 bits per heavy atom. The summed E-state index contributed by atoms with van der Waals surface area (Å²) < 4.78 is 8.11. The highest BCUT2D eigenvalue weighted by Crippen LogP contribution is 2.18. The van der Waals surface area contributed by atoms with Gasteiger partial charge in [0.1, 0.15) is 5.69 Å². The lowest BCUT2D eigenvalue weighted by molar-refractivity contribution is -0.136. The molecule has 1 aliphatic rings. The summed E-state index contributed by atoms with van der Waals surface area (Å²) in [5, 5.41) is 18.1. The lowest BCUT2D eigenvalue weighted by atomic mass is 10.0. The fourth-order valence-corrected chi connectivity index (χ4v) is 4.19. The van der Waals surface area contributed by atoms with Crippen molar-refractivity contribution in [3.8, 4) is 0 Å². The van der Waals surface area contributed by atoms with E-state index in [-0.39, 0.29) is 30.6 Å². The third kappa shape index (κ3) is 6.85. The van der Waals surface area contributed by atoms with Gasteiger partial charge in [-0.15, -0.1) is 5.10 Å². The number of aliphatic hydroxyl groups is 1. The summed E-state index contributed by atoms with van der Waals surface area (Å²) >= 11 is 0. The van der Waals surface area contributed by atoms with Crippen LogP contribution in [0.5, 0.6) is 0 Å². The van der Waals surface area contributed by atoms with Crippen LogP contribution in [0.3, 0.4) is 0 Å². The van der Waals surface area contributed by atoms with E-state index in [1.165, 1.54) is 11.1 Å². The molecule has 0 saturated heterocycles. The maximum atomic E-state index is 12.9. The van der Waals surface area contributed by atoms with E-state index in [0.29, 0.717) is 32.5 Å². The van der Waals surface area contributed by atoms with Crippen molar-refractivity contribution in [1.29, 1.82) is 0 Å². The number of carbonyl (C=O) groups is 1. The van der Waals surface area contributed by atoms with Gasteiger partial charge in [-0.25, -0.2) is 0 Å². The van der Waals surface area contributed by atoms with Crippen molar-refractivity contribution in [2.45, 2.75) is 65.5 Å². The molecule has 0 unspecified atom stereocenters. The maximum absolute atomic E-state index is 12.9. The highest BCUT2D eigenvalue weighted by atomic mass is 16.5. The Balaban J connectivity index is 1.76. The summed E-state index contributed by atoms with van der Waals surface area (Å²) in [6, 6.07) is 8.30. The van der Waals surface area contributed by atoms with Gasteiger partial charge in [0.15, 0.2) is 0 Å². The van der Waals surface area contributed by atoms with Crippen molar-refractivity contribution in [3.63, 3.8) is 0 Å². The zero-order chi connectivity index (χ0) is 23.1. The number of aryl methyl sites for hydroxylation is 2. The van der Waals surface area contributed by atoms with Gasteiger partial charge in [0, 0.05) is 38.5 Å². The highest BCUT2D eigenvalue weighted by Gasteiger charge is 2.28. The topological polar surface area (TPSA) is 83.7 Å². The first kappa shape index (κ1) is 24.4. The Labute approximate surface area is 191 Å². The van der Waals surface area contributed by atoms with Gasteiger partial charge in [0.05, 0.1) is 31.6 Å². The predicted molar refractivity (Wildman–Crippen MR) is 123 cm³/mol. The lowest BCUT2D eigenvalue weighted by Gasteiger charge is -2.35. The maximum Gasteiger partial charge on any atom is 0.222 e. The number of rotatable bonds is 6. The molecule has 2 heterocycles. The predicted octanol–water partition coefficient (Wildman–Crippen LogP) is 2.24. The Kier molecular flexibility index (Phi) is 8.78. The first-order chi connectivity index (χ1) is 15.4. The van der Waals surface area contributed by atoms with E-state index in [4.69, 9.17) is 4.74 Å². The molecule has 0 saturated carbocycles. The molecule has 2 aromatic rings. The first-order valence-electron chi connectivity index (χ1n) is 11.5. The van der Waals surface area contributed by atoms with Gasteiger partial charge < -0.3 is 14.7 Å². The molecule has 1 aliphatic heterocycles. The molecular formula is C24H37N5O3. The largest absolute Gasteiger partial charge is 0.394 e. The number of nitrogens with zero attached hydrogens (tertiary/aromatic N) is 5. The normalized spacial score (nSPS) is 21.7. The molecule has 0 radical (unpaired) electrons. The van der Waals surface area contributed by atoms with E-state index in [2.05, 4.69) is 60.4 Å². The van der Waals surface area contributed by atoms with Crippen LogP contribution in [-0.4, -0.2) is 74.7 Å². The Hall–Kier alpha value is -2.29. The molecule has 176 valence electrons. The van der Waals surface area contributed by atoms with Crippen LogP contribution in [-0.2, 0) is 29.2 Å². The molecule has 8 nitrogen and oxygen atoms in total. The third-order valence-corrected chi connectivity index (χ3v) is 6.07. The summed E-state index contributed by atoms with van der Waals surface area (Å²) in [5.41, 5.74) is 3.31. The first-order valence-corrected chi connectivity index (χ1v) is 11.5. The van der Waals surface area contributed by atoms with Crippen molar-refractivity contribution >= 4 is 5.91 Å². The quantitative estimate of drug-likeness (QED) is 0.737. The zero-order valence-electron chi connectivity index (χ0n) is 19.8. The summed E-state index contributed by atoms with van der Waals surface area (Å²) in [4.78, 5) is 17.0. The van der Waals surface area contributed by atoms with Crippen molar-refractivity contribution in [2.24, 2.45) is 5.92 Å². The molecular weight excluding hydrogens is 406 g/mol. The van der Waals surface area contributed by atoms with Crippen molar-refractivity contribution in [2.75, 3.05) is 26.7 Å². The van der Waals surface area contributed by atoms with Crippen LogP contribution < -0.4 is 0 Å². The SMILES string of the molecule is Cc1cccc(CN(C)C[C@@H]2OCc3cn(nn3)CCCC(=O)N([C@H](C)CO)C[C@H]2C)c1. The number of benzene rings is 1.